The lowest BCUT2D eigenvalue weighted by molar-refractivity contribution is 0.102. The van der Waals surface area contributed by atoms with Gasteiger partial charge in [0.2, 0.25) is 0 Å². The number of rotatable bonds is 17. The molecule has 42 heavy (non-hydrogen) atoms. The van der Waals surface area contributed by atoms with Crippen molar-refractivity contribution in [1.29, 1.82) is 0 Å². The maximum absolute atomic E-state index is 13.3. The number of carbonyl (C=O) groups is 1. The fourth-order valence-electron chi connectivity index (χ4n) is 5.33. The topological polar surface area (TPSA) is 71.5 Å². The lowest BCUT2D eigenvalue weighted by Crippen LogP contribution is -2.12. The molecule has 0 aliphatic rings. The van der Waals surface area contributed by atoms with Gasteiger partial charge in [-0.2, -0.15) is 0 Å². The Morgan fingerprint density at radius 1 is 0.881 bits per heavy atom. The van der Waals surface area contributed by atoms with Crippen LogP contribution in [0.1, 0.15) is 99.2 Å². The summed E-state index contributed by atoms with van der Waals surface area (Å²) in [7, 11) is 1.65. The van der Waals surface area contributed by atoms with Gasteiger partial charge in [0.15, 0.2) is 5.13 Å². The minimum absolute atomic E-state index is 0.0869. The quantitative estimate of drug-likeness (QED) is 0.117. The molecule has 224 valence electrons. The van der Waals surface area contributed by atoms with Crippen molar-refractivity contribution in [2.45, 2.75) is 90.4 Å². The van der Waals surface area contributed by atoms with Crippen LogP contribution in [0.2, 0.25) is 5.02 Å². The highest BCUT2D eigenvalue weighted by Crippen LogP contribution is 2.37. The second-order valence-electron chi connectivity index (χ2n) is 10.9. The Morgan fingerprint density at radius 2 is 1.48 bits per heavy atom. The molecule has 3 aromatic carbocycles. The number of hydrogen-bond donors (Lipinski definition) is 2. The molecular weight excluding hydrogens is 564 g/mol. The van der Waals surface area contributed by atoms with Crippen molar-refractivity contribution in [3.63, 3.8) is 0 Å². The minimum atomic E-state index is -0.438. The van der Waals surface area contributed by atoms with Crippen molar-refractivity contribution in [2.24, 2.45) is 0 Å². The molecule has 0 unspecified atom stereocenters. The molecule has 1 amide bonds. The number of phenols is 1. The van der Waals surface area contributed by atoms with E-state index in [-0.39, 0.29) is 11.3 Å². The minimum Gasteiger partial charge on any atom is -0.506 e. The van der Waals surface area contributed by atoms with Crippen molar-refractivity contribution < 1.29 is 14.6 Å². The van der Waals surface area contributed by atoms with Gasteiger partial charge in [0.25, 0.3) is 5.91 Å². The van der Waals surface area contributed by atoms with Gasteiger partial charge in [0.1, 0.15) is 11.5 Å². The molecule has 1 aromatic heterocycles. The van der Waals surface area contributed by atoms with E-state index in [0.29, 0.717) is 20.9 Å². The summed E-state index contributed by atoms with van der Waals surface area (Å²) in [5, 5.41) is 15.9. The smallest absolute Gasteiger partial charge is 0.261 e. The van der Waals surface area contributed by atoms with E-state index in [4.69, 9.17) is 21.3 Å². The van der Waals surface area contributed by atoms with E-state index in [1.807, 2.05) is 42.5 Å². The molecule has 0 fully saturated rings. The molecule has 0 aliphatic carbocycles. The molecular formula is C35H43ClN2O3S. The van der Waals surface area contributed by atoms with Crippen LogP contribution in [-0.4, -0.2) is 23.1 Å². The number of phenolic OH excluding ortho intramolecular Hbond substituents is 1. The van der Waals surface area contributed by atoms with Gasteiger partial charge in [-0.25, -0.2) is 4.98 Å². The molecule has 0 radical (unpaired) electrons. The van der Waals surface area contributed by atoms with Crippen LogP contribution in [0.4, 0.5) is 5.13 Å². The Labute approximate surface area is 259 Å². The van der Waals surface area contributed by atoms with E-state index in [9.17, 15) is 9.90 Å². The summed E-state index contributed by atoms with van der Waals surface area (Å²) in [4.78, 5) is 19.2. The van der Waals surface area contributed by atoms with Crippen LogP contribution in [0.25, 0.3) is 22.0 Å². The van der Waals surface area contributed by atoms with Gasteiger partial charge in [-0.15, -0.1) is 11.3 Å². The average Bonchev–Trinajstić information content (AvgIpc) is 3.41. The highest BCUT2D eigenvalue weighted by molar-refractivity contribution is 7.16. The number of aryl methyl sites for hydroxylation is 1. The number of carbonyl (C=O) groups excluding carboxylic acids is 1. The number of thiazole rings is 1. The molecule has 2 N–H and O–H groups in total. The fourth-order valence-corrected chi connectivity index (χ4v) is 6.62. The van der Waals surface area contributed by atoms with Crippen molar-refractivity contribution >= 4 is 44.7 Å². The first-order valence-electron chi connectivity index (χ1n) is 15.4. The summed E-state index contributed by atoms with van der Waals surface area (Å²) in [6.07, 6.45) is 16.6. The summed E-state index contributed by atoms with van der Waals surface area (Å²) in [5.41, 5.74) is 1.99. The predicted octanol–water partition coefficient (Wildman–Crippen LogP) is 10.8. The molecule has 0 bridgehead atoms. The predicted molar refractivity (Wildman–Crippen MR) is 177 cm³/mol. The van der Waals surface area contributed by atoms with Gasteiger partial charge in [0, 0.05) is 26.2 Å². The zero-order chi connectivity index (χ0) is 29.7. The number of nitrogens with one attached hydrogen (secondary N) is 1. The van der Waals surface area contributed by atoms with Gasteiger partial charge >= 0.3 is 0 Å². The van der Waals surface area contributed by atoms with E-state index >= 15 is 0 Å². The highest BCUT2D eigenvalue weighted by Gasteiger charge is 2.20. The lowest BCUT2D eigenvalue weighted by atomic mass is 10.0. The number of aromatic nitrogens is 1. The van der Waals surface area contributed by atoms with Crippen LogP contribution in [0.5, 0.6) is 11.5 Å². The zero-order valence-electron chi connectivity index (χ0n) is 24.9. The second kappa shape index (κ2) is 16.5. The number of aromatic hydroxyl groups is 1. The van der Waals surface area contributed by atoms with E-state index < -0.39 is 5.91 Å². The summed E-state index contributed by atoms with van der Waals surface area (Å²) >= 11 is 7.94. The molecule has 5 nitrogen and oxygen atoms in total. The monoisotopic (exact) mass is 606 g/mol. The third-order valence-electron chi connectivity index (χ3n) is 7.75. The number of fused-ring (bicyclic) bond motifs is 1. The van der Waals surface area contributed by atoms with E-state index in [0.717, 1.165) is 34.7 Å². The summed E-state index contributed by atoms with van der Waals surface area (Å²) < 4.78 is 5.33. The maximum Gasteiger partial charge on any atom is 0.261 e. The van der Waals surface area contributed by atoms with Crippen LogP contribution in [0.15, 0.2) is 54.6 Å². The molecule has 0 aliphatic heterocycles. The van der Waals surface area contributed by atoms with Crippen molar-refractivity contribution in [3.8, 4) is 22.8 Å². The Kier molecular flexibility index (Phi) is 12.5. The molecule has 7 heteroatoms. The zero-order valence-corrected chi connectivity index (χ0v) is 26.5. The largest absolute Gasteiger partial charge is 0.506 e. The average molecular weight is 607 g/mol. The van der Waals surface area contributed by atoms with Crippen LogP contribution in [-0.2, 0) is 6.42 Å². The van der Waals surface area contributed by atoms with Crippen LogP contribution in [0, 0.1) is 0 Å². The molecule has 0 spiro atoms. The summed E-state index contributed by atoms with van der Waals surface area (Å²) in [6, 6.07) is 16.6. The number of halogens is 1. The molecule has 0 atom stereocenters. The first-order valence-corrected chi connectivity index (χ1v) is 16.6. The lowest BCUT2D eigenvalue weighted by Gasteiger charge is -2.09. The summed E-state index contributed by atoms with van der Waals surface area (Å²) in [6.45, 7) is 2.27. The van der Waals surface area contributed by atoms with E-state index in [1.165, 1.54) is 88.0 Å². The Morgan fingerprint density at radius 3 is 2.10 bits per heavy atom. The molecule has 0 saturated heterocycles. The number of ether oxygens (including phenoxy) is 1. The normalized spacial score (nSPS) is 11.2. The Balaban J connectivity index is 1.38. The third kappa shape index (κ3) is 8.71. The highest BCUT2D eigenvalue weighted by atomic mass is 35.5. The number of benzene rings is 3. The van der Waals surface area contributed by atoms with Gasteiger partial charge in [-0.3, -0.25) is 10.1 Å². The third-order valence-corrected chi connectivity index (χ3v) is 9.09. The molecule has 0 saturated carbocycles. The number of methoxy groups -OCH3 is 1. The van der Waals surface area contributed by atoms with E-state index in [1.54, 1.807) is 13.2 Å². The first kappa shape index (κ1) is 31.8. The molecule has 4 aromatic rings. The molecule has 4 rings (SSSR count). The SMILES string of the molecule is CCCCCCCCCCCCCCc1sc(NC(=O)c2cc(Cl)c3ccccc3c2O)nc1-c1ccc(OC)cc1. The van der Waals surface area contributed by atoms with E-state index in [2.05, 4.69) is 12.2 Å². The van der Waals surface area contributed by atoms with Crippen LogP contribution >= 0.6 is 22.9 Å². The second-order valence-corrected chi connectivity index (χ2v) is 12.4. The Hall–Kier alpha value is -3.09. The standard InChI is InChI=1S/C35H43ClN2O3S/c1-3-4-5-6-7-8-9-10-11-12-13-14-19-31-32(25-20-22-26(41-2)23-21-25)37-35(42-31)38-34(40)29-24-30(36)27-17-15-16-18-28(27)33(29)39/h15-18,20-24,39H,3-14,19H2,1-2H3,(H,37,38,40). The molecule has 1 heterocycles. The number of hydrogen-bond acceptors (Lipinski definition) is 5. The number of unbranched alkanes of at least 4 members (excludes halogenated alkanes) is 11. The Bertz CT molecular complexity index is 1430. The van der Waals surface area contributed by atoms with Crippen LogP contribution in [0.3, 0.4) is 0 Å². The fraction of sp³-hybridized carbons (Fsp3) is 0.429. The van der Waals surface area contributed by atoms with Crippen molar-refractivity contribution in [2.75, 3.05) is 12.4 Å². The van der Waals surface area contributed by atoms with Gasteiger partial charge in [-0.05, 0) is 43.2 Å². The number of anilines is 1. The maximum atomic E-state index is 13.3. The van der Waals surface area contributed by atoms with Gasteiger partial charge < -0.3 is 9.84 Å². The summed E-state index contributed by atoms with van der Waals surface area (Å²) in [5.74, 6) is 0.261. The van der Waals surface area contributed by atoms with Gasteiger partial charge in [-0.1, -0.05) is 113 Å². The van der Waals surface area contributed by atoms with Crippen LogP contribution < -0.4 is 10.1 Å². The number of nitrogens with zero attached hydrogens (tertiary/aromatic N) is 1. The van der Waals surface area contributed by atoms with Gasteiger partial charge in [0.05, 0.1) is 18.4 Å². The first-order chi connectivity index (χ1) is 20.5. The van der Waals surface area contributed by atoms with Crippen molar-refractivity contribution in [1.82, 2.24) is 4.98 Å². The number of amides is 1. The van der Waals surface area contributed by atoms with Crippen molar-refractivity contribution in [3.05, 3.63) is 70.1 Å².